The van der Waals surface area contributed by atoms with Crippen LogP contribution in [0.3, 0.4) is 0 Å². The number of hydrogen-bond donors (Lipinski definition) is 4. The number of primary amides is 1. The number of amides is 2. The van der Waals surface area contributed by atoms with Gasteiger partial charge in [0.05, 0.1) is 6.42 Å². The highest BCUT2D eigenvalue weighted by atomic mass is 32.2. The van der Waals surface area contributed by atoms with Gasteiger partial charge in [-0.3, -0.25) is 14.1 Å². The van der Waals surface area contributed by atoms with E-state index in [1.807, 2.05) is 0 Å². The molecule has 0 aliphatic heterocycles. The second-order valence-corrected chi connectivity index (χ2v) is 10.1. The molecule has 0 saturated carbocycles. The quantitative estimate of drug-likeness (QED) is 0.143. The van der Waals surface area contributed by atoms with Crippen molar-refractivity contribution < 1.29 is 32.5 Å². The van der Waals surface area contributed by atoms with E-state index in [4.69, 9.17) is 5.73 Å². The van der Waals surface area contributed by atoms with Crippen molar-refractivity contribution in [2.75, 3.05) is 0 Å². The first kappa shape index (κ1) is 30.3. The van der Waals surface area contributed by atoms with Crippen LogP contribution in [-0.4, -0.2) is 40.7 Å². The Morgan fingerprint density at radius 1 is 0.781 bits per heavy atom. The van der Waals surface area contributed by atoms with E-state index in [1.54, 1.807) is 5.32 Å². The maximum Gasteiger partial charge on any atom is 0.348 e. The minimum Gasteiger partial charge on any atom is -0.479 e. The zero-order valence-electron chi connectivity index (χ0n) is 19.4. The number of aliphatic carboxylic acids is 1. The van der Waals surface area contributed by atoms with E-state index in [1.165, 1.54) is 64.2 Å². The van der Waals surface area contributed by atoms with Crippen LogP contribution in [-0.2, 0) is 24.5 Å². The van der Waals surface area contributed by atoms with Gasteiger partial charge in [-0.15, -0.1) is 0 Å². The molecule has 5 N–H and O–H groups in total. The number of carboxylic acid groups (broad SMARTS) is 1. The molecule has 1 unspecified atom stereocenters. The van der Waals surface area contributed by atoms with Crippen molar-refractivity contribution >= 4 is 27.9 Å². The minimum atomic E-state index is -5.31. The van der Waals surface area contributed by atoms with Crippen molar-refractivity contribution in [2.24, 2.45) is 5.73 Å². The molecular formula is C22H42N2O7S. The summed E-state index contributed by atoms with van der Waals surface area (Å²) in [5, 5.41) is 11.0. The molecule has 0 aromatic carbocycles. The molecule has 9 nitrogen and oxygen atoms in total. The molecule has 0 fully saturated rings. The zero-order chi connectivity index (χ0) is 24.5. The second-order valence-electron chi connectivity index (χ2n) is 8.50. The smallest absolute Gasteiger partial charge is 0.348 e. The Morgan fingerprint density at radius 2 is 1.16 bits per heavy atom. The number of carbonyl (C=O) groups excluding carboxylic acids is 2. The van der Waals surface area contributed by atoms with Gasteiger partial charge in [0.2, 0.25) is 11.8 Å². The summed E-state index contributed by atoms with van der Waals surface area (Å²) >= 11 is 0. The predicted molar refractivity (Wildman–Crippen MR) is 123 cm³/mol. The molecule has 0 aliphatic carbocycles. The summed E-state index contributed by atoms with van der Waals surface area (Å²) in [5.74, 6) is -4.22. The highest BCUT2D eigenvalue weighted by molar-refractivity contribution is 7.88. The molecule has 0 bridgehead atoms. The van der Waals surface area contributed by atoms with E-state index in [0.29, 0.717) is 6.42 Å². The Kier molecular flexibility index (Phi) is 16.0. The van der Waals surface area contributed by atoms with Crippen LogP contribution >= 0.6 is 0 Å². The number of carboxylic acids is 1. The van der Waals surface area contributed by atoms with Gasteiger partial charge >= 0.3 is 16.1 Å². The van der Waals surface area contributed by atoms with Crippen molar-refractivity contribution in [1.82, 2.24) is 5.32 Å². The molecule has 2 amide bonds. The summed E-state index contributed by atoms with van der Waals surface area (Å²) in [6, 6.07) is 0. The Morgan fingerprint density at radius 3 is 1.47 bits per heavy atom. The summed E-state index contributed by atoms with van der Waals surface area (Å²) in [6.07, 6.45) is 15.9. The van der Waals surface area contributed by atoms with E-state index < -0.39 is 39.2 Å². The fourth-order valence-corrected chi connectivity index (χ4v) is 4.42. The lowest BCUT2D eigenvalue weighted by molar-refractivity contribution is -0.145. The lowest BCUT2D eigenvalue weighted by atomic mass is 10.0. The normalized spacial score (nSPS) is 13.4. The fraction of sp³-hybridized carbons (Fsp3) is 0.864. The van der Waals surface area contributed by atoms with Crippen LogP contribution < -0.4 is 11.1 Å². The van der Waals surface area contributed by atoms with Gasteiger partial charge in [-0.05, 0) is 6.42 Å². The third-order valence-electron chi connectivity index (χ3n) is 5.56. The standard InChI is InChI=1S/C22H42N2O7S/c1-2-3-4-5-6-7-8-9-10-11-12-13-14-15-16-17-20(26)24-22(21(27)28,18-19(23)25)32(29,30)31/h2-18H2,1H3,(H2,23,25)(H,24,26)(H,27,28)(H,29,30,31). The Balaban J connectivity index is 3.95. The van der Waals surface area contributed by atoms with Crippen LogP contribution in [0.4, 0.5) is 0 Å². The van der Waals surface area contributed by atoms with Gasteiger partial charge in [-0.2, -0.15) is 8.42 Å². The SMILES string of the molecule is CCCCCCCCCCCCCCCCCC(=O)NC(CC(N)=O)(C(=O)O)S(=O)(=O)O. The van der Waals surface area contributed by atoms with Crippen molar-refractivity contribution in [3.63, 3.8) is 0 Å². The molecule has 32 heavy (non-hydrogen) atoms. The molecular weight excluding hydrogens is 436 g/mol. The number of nitrogens with two attached hydrogens (primary N) is 1. The highest BCUT2D eigenvalue weighted by Crippen LogP contribution is 2.19. The molecule has 0 aliphatic rings. The maximum absolute atomic E-state index is 12.0. The largest absolute Gasteiger partial charge is 0.479 e. The maximum atomic E-state index is 12.0. The topological polar surface area (TPSA) is 164 Å². The molecule has 0 radical (unpaired) electrons. The predicted octanol–water partition coefficient (Wildman–Crippen LogP) is 3.91. The van der Waals surface area contributed by atoms with Crippen molar-refractivity contribution in [3.8, 4) is 0 Å². The molecule has 10 heteroatoms. The molecule has 188 valence electrons. The van der Waals surface area contributed by atoms with Crippen LogP contribution in [0.25, 0.3) is 0 Å². The third-order valence-corrected chi connectivity index (χ3v) is 6.86. The first-order valence-corrected chi connectivity index (χ1v) is 13.3. The average molecular weight is 479 g/mol. The zero-order valence-corrected chi connectivity index (χ0v) is 20.3. The van der Waals surface area contributed by atoms with Crippen LogP contribution in [0.2, 0.25) is 0 Å². The first-order chi connectivity index (χ1) is 15.1. The Bertz CT molecular complexity index is 667. The fourth-order valence-electron chi connectivity index (χ4n) is 3.63. The van der Waals surface area contributed by atoms with Gasteiger partial charge in [0.25, 0.3) is 4.87 Å². The average Bonchev–Trinajstić information content (AvgIpc) is 2.69. The summed E-state index contributed by atoms with van der Waals surface area (Å²) in [7, 11) is -5.31. The van der Waals surface area contributed by atoms with E-state index >= 15 is 0 Å². The first-order valence-electron chi connectivity index (χ1n) is 11.9. The Hall–Kier alpha value is -1.68. The molecule has 0 aromatic rings. The molecule has 0 heterocycles. The van der Waals surface area contributed by atoms with Gasteiger partial charge < -0.3 is 16.2 Å². The van der Waals surface area contributed by atoms with Crippen molar-refractivity contribution in [1.29, 1.82) is 0 Å². The summed E-state index contributed by atoms with van der Waals surface area (Å²) in [5.41, 5.74) is 4.90. The van der Waals surface area contributed by atoms with E-state index in [2.05, 4.69) is 6.92 Å². The molecule has 0 spiro atoms. The number of carbonyl (C=O) groups is 3. The number of rotatable bonds is 21. The number of unbranched alkanes of at least 4 members (excludes halogenated alkanes) is 14. The van der Waals surface area contributed by atoms with Crippen LogP contribution in [0, 0.1) is 0 Å². The highest BCUT2D eigenvalue weighted by Gasteiger charge is 2.53. The van der Waals surface area contributed by atoms with Gasteiger partial charge in [0.1, 0.15) is 0 Å². The summed E-state index contributed by atoms with van der Waals surface area (Å²) < 4.78 is 32.3. The van der Waals surface area contributed by atoms with Gasteiger partial charge in [-0.25, -0.2) is 4.79 Å². The van der Waals surface area contributed by atoms with Crippen LogP contribution in [0.15, 0.2) is 0 Å². The minimum absolute atomic E-state index is 0.110. The van der Waals surface area contributed by atoms with Crippen LogP contribution in [0.5, 0.6) is 0 Å². The lowest BCUT2D eigenvalue weighted by Gasteiger charge is -2.26. The number of nitrogens with one attached hydrogen (secondary N) is 1. The molecule has 0 aromatic heterocycles. The molecule has 1 atom stereocenters. The third kappa shape index (κ3) is 13.0. The molecule has 0 rings (SSSR count). The number of hydrogen-bond acceptors (Lipinski definition) is 5. The van der Waals surface area contributed by atoms with Gasteiger partial charge in [0.15, 0.2) is 0 Å². The van der Waals surface area contributed by atoms with Crippen molar-refractivity contribution in [3.05, 3.63) is 0 Å². The van der Waals surface area contributed by atoms with Gasteiger partial charge in [0, 0.05) is 6.42 Å². The monoisotopic (exact) mass is 478 g/mol. The Labute approximate surface area is 192 Å². The van der Waals surface area contributed by atoms with E-state index in [0.717, 1.165) is 25.7 Å². The molecule has 0 saturated heterocycles. The van der Waals surface area contributed by atoms with Crippen LogP contribution in [0.1, 0.15) is 116 Å². The summed E-state index contributed by atoms with van der Waals surface area (Å²) in [6.45, 7) is 2.23. The van der Waals surface area contributed by atoms with E-state index in [9.17, 15) is 32.5 Å². The van der Waals surface area contributed by atoms with E-state index in [-0.39, 0.29) is 6.42 Å². The lowest BCUT2D eigenvalue weighted by Crippen LogP contribution is -2.61. The van der Waals surface area contributed by atoms with Crippen molar-refractivity contribution in [2.45, 2.75) is 121 Å². The second kappa shape index (κ2) is 16.9. The van der Waals surface area contributed by atoms with Gasteiger partial charge in [-0.1, -0.05) is 96.8 Å². The summed E-state index contributed by atoms with van der Waals surface area (Å²) in [4.78, 5) is 31.3.